The molecule has 0 saturated heterocycles. The fourth-order valence-corrected chi connectivity index (χ4v) is 4.24. The molecule has 0 fully saturated rings. The van der Waals surface area contributed by atoms with Crippen molar-refractivity contribution < 1.29 is 9.53 Å². The van der Waals surface area contributed by atoms with Crippen LogP contribution in [-0.2, 0) is 11.8 Å². The largest absolute Gasteiger partial charge is 0.439 e. The third-order valence-corrected chi connectivity index (χ3v) is 5.92. The highest BCUT2D eigenvalue weighted by Gasteiger charge is 2.18. The predicted octanol–water partition coefficient (Wildman–Crippen LogP) is 6.11. The molecule has 0 aliphatic rings. The van der Waals surface area contributed by atoms with Crippen LogP contribution < -0.4 is 15.8 Å². The van der Waals surface area contributed by atoms with Gasteiger partial charge >= 0.3 is 0 Å². The van der Waals surface area contributed by atoms with Crippen molar-refractivity contribution in [3.8, 4) is 33.9 Å². The van der Waals surface area contributed by atoms with E-state index in [2.05, 4.69) is 28.0 Å². The minimum atomic E-state index is -0.254. The molecular formula is C29H25N5O2. The highest BCUT2D eigenvalue weighted by molar-refractivity contribution is 6.08. The summed E-state index contributed by atoms with van der Waals surface area (Å²) in [6, 6.07) is 25.3. The van der Waals surface area contributed by atoms with Crippen LogP contribution in [0, 0.1) is 6.92 Å². The van der Waals surface area contributed by atoms with E-state index in [1.807, 2.05) is 86.8 Å². The molecular weight excluding hydrogens is 450 g/mol. The normalized spacial score (nSPS) is 10.8. The van der Waals surface area contributed by atoms with E-state index in [9.17, 15) is 4.79 Å². The molecule has 5 rings (SSSR count). The molecule has 7 nitrogen and oxygen atoms in total. The predicted molar refractivity (Wildman–Crippen MR) is 144 cm³/mol. The smallest absolute Gasteiger partial charge is 0.247 e. The Bertz CT molecular complexity index is 1590. The zero-order valence-corrected chi connectivity index (χ0v) is 20.0. The topological polar surface area (TPSA) is 95.1 Å². The van der Waals surface area contributed by atoms with E-state index >= 15 is 0 Å². The Labute approximate surface area is 208 Å². The van der Waals surface area contributed by atoms with Gasteiger partial charge in [-0.05, 0) is 66.1 Å². The van der Waals surface area contributed by atoms with Gasteiger partial charge in [0, 0.05) is 30.1 Å². The van der Waals surface area contributed by atoms with E-state index in [0.29, 0.717) is 23.1 Å². The fraction of sp³-hybridized carbons (Fsp3) is 0.0690. The Morgan fingerprint density at radius 2 is 1.72 bits per heavy atom. The highest BCUT2D eigenvalue weighted by atomic mass is 16.5. The molecule has 1 amide bonds. The van der Waals surface area contributed by atoms with Gasteiger partial charge in [0.15, 0.2) is 5.82 Å². The molecule has 0 radical (unpaired) electrons. The quantitative estimate of drug-likeness (QED) is 0.289. The molecule has 178 valence electrons. The summed E-state index contributed by atoms with van der Waals surface area (Å²) in [5.74, 6) is 1.44. The lowest BCUT2D eigenvalue weighted by atomic mass is 9.91. The number of rotatable bonds is 6. The average molecular weight is 476 g/mol. The van der Waals surface area contributed by atoms with E-state index in [1.165, 1.54) is 6.08 Å². The van der Waals surface area contributed by atoms with Crippen LogP contribution in [0.2, 0.25) is 0 Å². The van der Waals surface area contributed by atoms with Gasteiger partial charge in [0.2, 0.25) is 11.8 Å². The van der Waals surface area contributed by atoms with Crippen LogP contribution in [0.15, 0.2) is 91.5 Å². The lowest BCUT2D eigenvalue weighted by Crippen LogP contribution is -2.06. The van der Waals surface area contributed by atoms with Gasteiger partial charge in [-0.2, -0.15) is 5.10 Å². The summed E-state index contributed by atoms with van der Waals surface area (Å²) in [4.78, 5) is 16.1. The Morgan fingerprint density at radius 3 is 2.42 bits per heavy atom. The number of aromatic nitrogens is 3. The molecule has 0 saturated carbocycles. The first-order chi connectivity index (χ1) is 17.4. The maximum absolute atomic E-state index is 11.7. The standard InChI is InChI=1S/C29H25N5O2/c1-4-25(35)32-21-12-8-19(9-13-21)23-16-17-24-28(29(30)33-34(24)3)27(23)20-10-14-22(15-11-20)36-26-7-5-6-18(2)31-26/h4-17H,1H2,2-3H3,(H2,30,33)(H,32,35). The van der Waals surface area contributed by atoms with Gasteiger partial charge in [-0.1, -0.05) is 43.0 Å². The van der Waals surface area contributed by atoms with E-state index in [4.69, 9.17) is 10.5 Å². The first-order valence-corrected chi connectivity index (χ1v) is 11.4. The molecule has 0 bridgehead atoms. The summed E-state index contributed by atoms with van der Waals surface area (Å²) < 4.78 is 7.73. The molecule has 5 aromatic rings. The number of amides is 1. The maximum Gasteiger partial charge on any atom is 0.247 e. The highest BCUT2D eigenvalue weighted by Crippen LogP contribution is 2.41. The van der Waals surface area contributed by atoms with Crippen molar-refractivity contribution in [1.29, 1.82) is 0 Å². The van der Waals surface area contributed by atoms with Gasteiger partial charge in [-0.15, -0.1) is 0 Å². The number of anilines is 2. The number of hydrogen-bond donors (Lipinski definition) is 2. The zero-order chi connectivity index (χ0) is 25.2. The Kier molecular flexibility index (Phi) is 5.96. The van der Waals surface area contributed by atoms with Gasteiger partial charge in [0.1, 0.15) is 5.75 Å². The first kappa shape index (κ1) is 22.9. The van der Waals surface area contributed by atoms with E-state index in [-0.39, 0.29) is 5.91 Å². The molecule has 0 atom stereocenters. The summed E-state index contributed by atoms with van der Waals surface area (Å²) >= 11 is 0. The second-order valence-corrected chi connectivity index (χ2v) is 8.41. The Balaban J connectivity index is 1.58. The molecule has 0 aliphatic carbocycles. The number of ether oxygens (including phenoxy) is 1. The lowest BCUT2D eigenvalue weighted by molar-refractivity contribution is -0.111. The zero-order valence-electron chi connectivity index (χ0n) is 20.0. The second kappa shape index (κ2) is 9.38. The van der Waals surface area contributed by atoms with Crippen LogP contribution in [-0.4, -0.2) is 20.7 Å². The van der Waals surface area contributed by atoms with E-state index in [1.54, 1.807) is 4.68 Å². The molecule has 0 spiro atoms. The van der Waals surface area contributed by atoms with Gasteiger partial charge in [0.25, 0.3) is 0 Å². The molecule has 3 N–H and O–H groups in total. The molecule has 0 aliphatic heterocycles. The van der Waals surface area contributed by atoms with Crippen LogP contribution in [0.4, 0.5) is 11.5 Å². The lowest BCUT2D eigenvalue weighted by Gasteiger charge is -2.14. The van der Waals surface area contributed by atoms with Crippen molar-refractivity contribution in [2.24, 2.45) is 7.05 Å². The average Bonchev–Trinajstić information content (AvgIpc) is 3.17. The van der Waals surface area contributed by atoms with Crippen LogP contribution in [0.5, 0.6) is 11.6 Å². The third kappa shape index (κ3) is 4.42. The summed E-state index contributed by atoms with van der Waals surface area (Å²) in [6.07, 6.45) is 1.24. The van der Waals surface area contributed by atoms with Crippen molar-refractivity contribution in [3.63, 3.8) is 0 Å². The van der Waals surface area contributed by atoms with Gasteiger partial charge < -0.3 is 15.8 Å². The number of nitrogens with one attached hydrogen (secondary N) is 1. The molecule has 3 aromatic carbocycles. The minimum Gasteiger partial charge on any atom is -0.439 e. The number of benzene rings is 3. The monoisotopic (exact) mass is 475 g/mol. The molecule has 0 unspecified atom stereocenters. The first-order valence-electron chi connectivity index (χ1n) is 11.4. The van der Waals surface area contributed by atoms with Crippen LogP contribution in [0.1, 0.15) is 5.69 Å². The summed E-state index contributed by atoms with van der Waals surface area (Å²) in [5, 5.41) is 8.11. The van der Waals surface area contributed by atoms with Crippen LogP contribution in [0.3, 0.4) is 0 Å². The number of fused-ring (bicyclic) bond motifs is 1. The molecule has 36 heavy (non-hydrogen) atoms. The van der Waals surface area contributed by atoms with Gasteiger partial charge in [-0.25, -0.2) is 4.98 Å². The Hall–Kier alpha value is -4.91. The molecule has 2 heterocycles. The number of pyridine rings is 1. The number of carbonyl (C=O) groups excluding carboxylic acids is 1. The molecule has 7 heteroatoms. The number of aryl methyl sites for hydroxylation is 2. The SMILES string of the molecule is C=CC(=O)Nc1ccc(-c2ccc3c(c(N)nn3C)c2-c2ccc(Oc3cccc(C)n3)cc2)cc1. The minimum absolute atomic E-state index is 0.254. The van der Waals surface area contributed by atoms with Crippen LogP contribution >= 0.6 is 0 Å². The number of hydrogen-bond acceptors (Lipinski definition) is 5. The summed E-state index contributed by atoms with van der Waals surface area (Å²) in [7, 11) is 1.88. The van der Waals surface area contributed by atoms with Crippen molar-refractivity contribution in [1.82, 2.24) is 14.8 Å². The number of carbonyl (C=O) groups is 1. The summed E-state index contributed by atoms with van der Waals surface area (Å²) in [5.41, 5.74) is 12.8. The second-order valence-electron chi connectivity index (χ2n) is 8.41. The van der Waals surface area contributed by atoms with Crippen molar-refractivity contribution in [3.05, 3.63) is 97.2 Å². The third-order valence-electron chi connectivity index (χ3n) is 5.92. The fourth-order valence-electron chi connectivity index (χ4n) is 4.24. The number of nitrogens with zero attached hydrogens (tertiary/aromatic N) is 3. The van der Waals surface area contributed by atoms with Crippen molar-refractivity contribution in [2.75, 3.05) is 11.1 Å². The van der Waals surface area contributed by atoms with Gasteiger partial charge in [-0.3, -0.25) is 9.48 Å². The van der Waals surface area contributed by atoms with E-state index in [0.717, 1.165) is 38.9 Å². The van der Waals surface area contributed by atoms with Crippen molar-refractivity contribution >= 4 is 28.3 Å². The van der Waals surface area contributed by atoms with Gasteiger partial charge in [0.05, 0.1) is 10.9 Å². The Morgan fingerprint density at radius 1 is 1.00 bits per heavy atom. The summed E-state index contributed by atoms with van der Waals surface area (Å²) in [6.45, 7) is 5.42. The number of nitrogen functional groups attached to an aromatic ring is 1. The molecule has 2 aromatic heterocycles. The number of nitrogens with two attached hydrogens (primary N) is 1. The maximum atomic E-state index is 11.7. The van der Waals surface area contributed by atoms with Crippen LogP contribution in [0.25, 0.3) is 33.2 Å². The van der Waals surface area contributed by atoms with E-state index < -0.39 is 0 Å². The van der Waals surface area contributed by atoms with Crippen molar-refractivity contribution in [2.45, 2.75) is 6.92 Å².